The molecule has 0 saturated carbocycles. The normalized spacial score (nSPS) is 17.6. The molecule has 1 heterocycles. The minimum atomic E-state index is -0.327. The Morgan fingerprint density at radius 3 is 2.70 bits per heavy atom. The molecule has 1 N–H and O–H groups in total. The Balaban J connectivity index is 1.84. The van der Waals surface area contributed by atoms with Crippen molar-refractivity contribution >= 4 is 5.78 Å². The highest BCUT2D eigenvalue weighted by molar-refractivity contribution is 6.00. The number of hydrogen-bond acceptors (Lipinski definition) is 2. The number of Topliss-reactive ketones (excluding diaryl/α,β-unsaturated/α-hetero) is 1. The monoisotopic (exact) mass is 269 g/mol. The van der Waals surface area contributed by atoms with Crippen LogP contribution in [0.5, 0.6) is 0 Å². The van der Waals surface area contributed by atoms with Crippen molar-refractivity contribution in [3.63, 3.8) is 0 Å². The van der Waals surface area contributed by atoms with Gasteiger partial charge in [-0.15, -0.1) is 0 Å². The maximum Gasteiger partial charge on any atom is 0.180 e. The van der Waals surface area contributed by atoms with Gasteiger partial charge in [-0.05, 0) is 36.1 Å². The van der Waals surface area contributed by atoms with Crippen LogP contribution in [0.25, 0.3) is 0 Å². The number of carbonyl (C=O) groups excluding carboxylic acids is 1. The zero-order chi connectivity index (χ0) is 14.1. The number of halogens is 1. The van der Waals surface area contributed by atoms with E-state index in [1.54, 1.807) is 19.1 Å². The molecule has 2 nitrogen and oxygen atoms in total. The Kier molecular flexibility index (Phi) is 3.36. The summed E-state index contributed by atoms with van der Waals surface area (Å²) in [6.45, 7) is 2.37. The van der Waals surface area contributed by atoms with Gasteiger partial charge in [0.05, 0.1) is 6.04 Å². The molecule has 102 valence electrons. The molecule has 0 amide bonds. The van der Waals surface area contributed by atoms with Crippen LogP contribution in [-0.4, -0.2) is 11.8 Å². The van der Waals surface area contributed by atoms with Gasteiger partial charge in [0.1, 0.15) is 5.82 Å². The molecule has 1 unspecified atom stereocenters. The molecule has 2 aromatic carbocycles. The zero-order valence-electron chi connectivity index (χ0n) is 11.3. The van der Waals surface area contributed by atoms with Gasteiger partial charge in [0.2, 0.25) is 0 Å². The van der Waals surface area contributed by atoms with Gasteiger partial charge < -0.3 is 5.32 Å². The molecule has 0 spiro atoms. The third kappa shape index (κ3) is 2.37. The minimum absolute atomic E-state index is 0.0431. The molecule has 0 aliphatic carbocycles. The van der Waals surface area contributed by atoms with Crippen LogP contribution in [0.3, 0.4) is 0 Å². The summed E-state index contributed by atoms with van der Waals surface area (Å²) >= 11 is 0. The van der Waals surface area contributed by atoms with Crippen LogP contribution in [0, 0.1) is 12.7 Å². The molecule has 3 heteroatoms. The molecule has 1 aliphatic rings. The molecule has 2 aromatic rings. The van der Waals surface area contributed by atoms with Gasteiger partial charge in [0.15, 0.2) is 5.78 Å². The number of ketones is 1. The largest absolute Gasteiger partial charge is 0.303 e. The molecule has 3 rings (SSSR count). The van der Waals surface area contributed by atoms with Crippen molar-refractivity contribution in [1.82, 2.24) is 5.32 Å². The number of nitrogens with one attached hydrogen (secondary N) is 1. The van der Waals surface area contributed by atoms with Gasteiger partial charge in [0, 0.05) is 12.1 Å². The fourth-order valence-electron chi connectivity index (χ4n) is 2.59. The van der Waals surface area contributed by atoms with Crippen molar-refractivity contribution < 1.29 is 9.18 Å². The number of benzene rings is 2. The average Bonchev–Trinajstić information content (AvgIpc) is 2.49. The van der Waals surface area contributed by atoms with Gasteiger partial charge >= 0.3 is 0 Å². The molecule has 0 saturated heterocycles. The van der Waals surface area contributed by atoms with E-state index < -0.39 is 0 Å². The summed E-state index contributed by atoms with van der Waals surface area (Å²) < 4.78 is 13.6. The summed E-state index contributed by atoms with van der Waals surface area (Å²) in [5.41, 5.74) is 3.41. The highest BCUT2D eigenvalue weighted by atomic mass is 19.1. The summed E-state index contributed by atoms with van der Waals surface area (Å²) in [6, 6.07) is 12.5. The van der Waals surface area contributed by atoms with E-state index in [0.29, 0.717) is 24.1 Å². The Morgan fingerprint density at radius 1 is 1.20 bits per heavy atom. The molecule has 20 heavy (non-hydrogen) atoms. The summed E-state index contributed by atoms with van der Waals surface area (Å²) in [7, 11) is 0. The lowest BCUT2D eigenvalue weighted by Gasteiger charge is -2.25. The quantitative estimate of drug-likeness (QED) is 0.849. The molecule has 1 atom stereocenters. The third-order valence-corrected chi connectivity index (χ3v) is 3.85. The maximum absolute atomic E-state index is 13.6. The van der Waals surface area contributed by atoms with Crippen LogP contribution >= 0.6 is 0 Å². The average molecular weight is 269 g/mol. The molecule has 0 fully saturated rings. The van der Waals surface area contributed by atoms with Gasteiger partial charge in [0.25, 0.3) is 0 Å². The molecule has 1 aliphatic heterocycles. The Morgan fingerprint density at radius 2 is 1.95 bits per heavy atom. The maximum atomic E-state index is 13.6. The smallest absolute Gasteiger partial charge is 0.180 e. The van der Waals surface area contributed by atoms with Crippen LogP contribution in [0.15, 0.2) is 42.5 Å². The molecule has 0 aromatic heterocycles. The minimum Gasteiger partial charge on any atom is -0.303 e. The Hall–Kier alpha value is -2.00. The topological polar surface area (TPSA) is 29.1 Å². The van der Waals surface area contributed by atoms with Gasteiger partial charge in [-0.25, -0.2) is 4.39 Å². The van der Waals surface area contributed by atoms with Gasteiger partial charge in [-0.3, -0.25) is 4.79 Å². The number of carbonyl (C=O) groups is 1. The number of fused-ring (bicyclic) bond motifs is 1. The van der Waals surface area contributed by atoms with E-state index in [-0.39, 0.29) is 17.6 Å². The van der Waals surface area contributed by atoms with Crippen molar-refractivity contribution in [1.29, 1.82) is 0 Å². The van der Waals surface area contributed by atoms with Crippen LogP contribution in [0.1, 0.15) is 27.0 Å². The van der Waals surface area contributed by atoms with Gasteiger partial charge in [-0.2, -0.15) is 0 Å². The van der Waals surface area contributed by atoms with Crippen LogP contribution in [0.4, 0.5) is 4.39 Å². The highest BCUT2D eigenvalue weighted by Gasteiger charge is 2.25. The van der Waals surface area contributed by atoms with Crippen molar-refractivity contribution in [3.8, 4) is 0 Å². The first-order valence-corrected chi connectivity index (χ1v) is 6.75. The summed E-state index contributed by atoms with van der Waals surface area (Å²) in [4.78, 5) is 12.4. The Bertz CT molecular complexity index is 666. The summed E-state index contributed by atoms with van der Waals surface area (Å²) in [5.74, 6) is -0.370. The molecular formula is C17H16FNO. The first kappa shape index (κ1) is 13.0. The first-order valence-electron chi connectivity index (χ1n) is 6.75. The lowest BCUT2D eigenvalue weighted by atomic mass is 9.91. The summed E-state index contributed by atoms with van der Waals surface area (Å²) in [5, 5.41) is 3.24. The van der Waals surface area contributed by atoms with Gasteiger partial charge in [-0.1, -0.05) is 36.4 Å². The second-order valence-electron chi connectivity index (χ2n) is 5.23. The van der Waals surface area contributed by atoms with Crippen molar-refractivity contribution in [3.05, 3.63) is 70.5 Å². The first-order chi connectivity index (χ1) is 9.65. The molecular weight excluding hydrogens is 253 g/mol. The molecule has 0 radical (unpaired) electrons. The highest BCUT2D eigenvalue weighted by Crippen LogP contribution is 2.19. The van der Waals surface area contributed by atoms with Crippen LogP contribution in [-0.2, 0) is 13.0 Å². The van der Waals surface area contributed by atoms with E-state index in [9.17, 15) is 9.18 Å². The predicted octanol–water partition coefficient (Wildman–Crippen LogP) is 3.03. The lowest BCUT2D eigenvalue weighted by molar-refractivity contribution is 0.0937. The molecule has 0 bridgehead atoms. The van der Waals surface area contributed by atoms with E-state index in [0.717, 1.165) is 0 Å². The van der Waals surface area contributed by atoms with E-state index in [4.69, 9.17) is 0 Å². The number of hydrogen-bond donors (Lipinski definition) is 1. The van der Waals surface area contributed by atoms with Crippen molar-refractivity contribution in [2.24, 2.45) is 0 Å². The zero-order valence-corrected chi connectivity index (χ0v) is 11.3. The van der Waals surface area contributed by atoms with E-state index in [1.807, 2.05) is 18.2 Å². The second-order valence-corrected chi connectivity index (χ2v) is 5.23. The third-order valence-electron chi connectivity index (χ3n) is 3.85. The SMILES string of the molecule is Cc1ccc(C(=O)C2Cc3ccccc3CN2)cc1F. The standard InChI is InChI=1S/C17H16FNO/c1-11-6-7-13(8-15(11)18)17(20)16-9-12-4-2-3-5-14(12)10-19-16/h2-8,16,19H,9-10H2,1H3. The van der Waals surface area contributed by atoms with Crippen LogP contribution in [0.2, 0.25) is 0 Å². The van der Waals surface area contributed by atoms with Crippen molar-refractivity contribution in [2.75, 3.05) is 0 Å². The van der Waals surface area contributed by atoms with Crippen LogP contribution < -0.4 is 5.32 Å². The van der Waals surface area contributed by atoms with E-state index >= 15 is 0 Å². The van der Waals surface area contributed by atoms with E-state index in [1.165, 1.54) is 17.2 Å². The van der Waals surface area contributed by atoms with E-state index in [2.05, 4.69) is 11.4 Å². The fourth-order valence-corrected chi connectivity index (χ4v) is 2.59. The Labute approximate surface area is 117 Å². The van der Waals surface area contributed by atoms with Crippen molar-refractivity contribution in [2.45, 2.75) is 25.9 Å². The summed E-state index contributed by atoms with van der Waals surface area (Å²) in [6.07, 6.45) is 0.657. The lowest BCUT2D eigenvalue weighted by Crippen LogP contribution is -2.41. The number of aryl methyl sites for hydroxylation is 1. The fraction of sp³-hybridized carbons (Fsp3) is 0.235. The number of rotatable bonds is 2. The second kappa shape index (κ2) is 5.17. The predicted molar refractivity (Wildman–Crippen MR) is 76.2 cm³/mol.